The molecule has 1 fully saturated rings. The number of pyridine rings is 1. The molecule has 0 aromatic carbocycles. The summed E-state index contributed by atoms with van der Waals surface area (Å²) in [5.74, 6) is 0.170. The van der Waals surface area contributed by atoms with Gasteiger partial charge in [0.1, 0.15) is 0 Å². The fourth-order valence-corrected chi connectivity index (χ4v) is 2.54. The minimum absolute atomic E-state index is 0.0646. The van der Waals surface area contributed by atoms with Crippen LogP contribution in [-0.4, -0.2) is 53.3 Å². The van der Waals surface area contributed by atoms with Gasteiger partial charge in [-0.25, -0.2) is 0 Å². The first-order valence-corrected chi connectivity index (χ1v) is 7.13. The number of aromatic nitrogens is 1. The molecule has 5 nitrogen and oxygen atoms in total. The molecule has 1 saturated heterocycles. The number of amides is 1. The van der Waals surface area contributed by atoms with Crippen LogP contribution in [0.2, 0.25) is 0 Å². The number of carbonyl (C=O) groups is 1. The van der Waals surface area contributed by atoms with Crippen molar-refractivity contribution in [3.05, 3.63) is 30.1 Å². The van der Waals surface area contributed by atoms with Crippen molar-refractivity contribution in [3.63, 3.8) is 0 Å². The Morgan fingerprint density at radius 1 is 1.45 bits per heavy atom. The number of rotatable bonds is 6. The van der Waals surface area contributed by atoms with Gasteiger partial charge in [0, 0.05) is 38.0 Å². The maximum absolute atomic E-state index is 12.0. The molecule has 1 N–H and O–H groups in total. The lowest BCUT2D eigenvalue weighted by Gasteiger charge is -2.16. The van der Waals surface area contributed by atoms with Gasteiger partial charge < -0.3 is 14.7 Å². The summed E-state index contributed by atoms with van der Waals surface area (Å²) >= 11 is 0. The van der Waals surface area contributed by atoms with Crippen molar-refractivity contribution < 1.29 is 14.6 Å². The first-order valence-electron chi connectivity index (χ1n) is 7.13. The number of nitrogens with zero attached hydrogens (tertiary/aromatic N) is 2. The molecule has 1 aromatic rings. The summed E-state index contributed by atoms with van der Waals surface area (Å²) in [7, 11) is 0. The first kappa shape index (κ1) is 14.9. The molecule has 1 aromatic heterocycles. The normalized spacial score (nSPS) is 22.2. The molecule has 0 aliphatic carbocycles. The van der Waals surface area contributed by atoms with Gasteiger partial charge in [-0.3, -0.25) is 9.78 Å². The molecule has 20 heavy (non-hydrogen) atoms. The monoisotopic (exact) mass is 278 g/mol. The topological polar surface area (TPSA) is 62.7 Å². The standard InChI is InChI=1S/C15H22N2O3/c1-2-20-8-5-15(19)17-10-13(14(18)11-17)9-12-3-6-16-7-4-12/h3-4,6-7,13-14,18H,2,5,8-11H2,1H3/t13-,14+/m1/s1. The Labute approximate surface area is 119 Å². The van der Waals surface area contributed by atoms with Crippen LogP contribution in [0.1, 0.15) is 18.9 Å². The molecule has 0 saturated carbocycles. The first-order chi connectivity index (χ1) is 9.70. The summed E-state index contributed by atoms with van der Waals surface area (Å²) in [6.45, 7) is 4.04. The largest absolute Gasteiger partial charge is 0.391 e. The van der Waals surface area contributed by atoms with E-state index in [1.807, 2.05) is 19.1 Å². The summed E-state index contributed by atoms with van der Waals surface area (Å²) in [6, 6.07) is 3.90. The third-order valence-corrected chi connectivity index (χ3v) is 3.67. The van der Waals surface area contributed by atoms with Crippen molar-refractivity contribution in [3.8, 4) is 0 Å². The van der Waals surface area contributed by atoms with Crippen molar-refractivity contribution >= 4 is 5.91 Å². The average Bonchev–Trinajstić information content (AvgIpc) is 2.82. The van der Waals surface area contributed by atoms with Crippen molar-refractivity contribution in [2.45, 2.75) is 25.9 Å². The van der Waals surface area contributed by atoms with E-state index in [2.05, 4.69) is 4.98 Å². The Balaban J connectivity index is 1.84. The van der Waals surface area contributed by atoms with Crippen LogP contribution in [0.4, 0.5) is 0 Å². The van der Waals surface area contributed by atoms with Gasteiger partial charge in [-0.1, -0.05) is 0 Å². The van der Waals surface area contributed by atoms with Crippen LogP contribution < -0.4 is 0 Å². The SMILES string of the molecule is CCOCCC(=O)N1C[C@@H](Cc2ccncc2)[C@@H](O)C1. The minimum atomic E-state index is -0.445. The van der Waals surface area contributed by atoms with E-state index < -0.39 is 6.10 Å². The quantitative estimate of drug-likeness (QED) is 0.784. The number of aliphatic hydroxyl groups excluding tert-OH is 1. The van der Waals surface area contributed by atoms with Crippen LogP contribution in [0.15, 0.2) is 24.5 Å². The summed E-state index contributed by atoms with van der Waals surface area (Å²) in [5, 5.41) is 10.1. The van der Waals surface area contributed by atoms with Gasteiger partial charge in [-0.05, 0) is 31.0 Å². The zero-order chi connectivity index (χ0) is 14.4. The molecule has 1 aliphatic rings. The second-order valence-electron chi connectivity index (χ2n) is 5.13. The number of likely N-dealkylation sites (tertiary alicyclic amines) is 1. The van der Waals surface area contributed by atoms with E-state index in [4.69, 9.17) is 4.74 Å². The molecule has 0 bridgehead atoms. The summed E-state index contributed by atoms with van der Waals surface area (Å²) < 4.78 is 5.20. The molecule has 2 heterocycles. The summed E-state index contributed by atoms with van der Waals surface area (Å²) in [6.07, 6.45) is 4.23. The van der Waals surface area contributed by atoms with E-state index in [1.165, 1.54) is 0 Å². The third-order valence-electron chi connectivity index (χ3n) is 3.67. The number of aliphatic hydroxyl groups is 1. The fraction of sp³-hybridized carbons (Fsp3) is 0.600. The molecule has 0 radical (unpaired) electrons. The van der Waals surface area contributed by atoms with E-state index in [9.17, 15) is 9.90 Å². The Morgan fingerprint density at radius 3 is 2.90 bits per heavy atom. The van der Waals surface area contributed by atoms with E-state index >= 15 is 0 Å². The number of β-amino-alcohol motifs (C(OH)–C–C–N with tert-alkyl or cyclic N) is 1. The number of ether oxygens (including phenoxy) is 1. The molecule has 2 atom stereocenters. The van der Waals surface area contributed by atoms with Crippen LogP contribution in [0.5, 0.6) is 0 Å². The van der Waals surface area contributed by atoms with E-state index in [1.54, 1.807) is 17.3 Å². The van der Waals surface area contributed by atoms with Crippen LogP contribution >= 0.6 is 0 Å². The predicted octanol–water partition coefficient (Wildman–Crippen LogP) is 0.870. The fourth-order valence-electron chi connectivity index (χ4n) is 2.54. The highest BCUT2D eigenvalue weighted by Crippen LogP contribution is 2.21. The van der Waals surface area contributed by atoms with Crippen LogP contribution in [-0.2, 0) is 16.0 Å². The van der Waals surface area contributed by atoms with Gasteiger partial charge in [0.2, 0.25) is 5.91 Å². The Morgan fingerprint density at radius 2 is 2.20 bits per heavy atom. The molecule has 0 unspecified atom stereocenters. The third kappa shape index (κ3) is 4.02. The molecular formula is C15H22N2O3. The predicted molar refractivity (Wildman–Crippen MR) is 75.1 cm³/mol. The maximum atomic E-state index is 12.0. The molecule has 2 rings (SSSR count). The van der Waals surface area contributed by atoms with Crippen LogP contribution in [0.3, 0.4) is 0 Å². The Kier molecular flexibility index (Phi) is 5.49. The van der Waals surface area contributed by atoms with Gasteiger partial charge in [0.25, 0.3) is 0 Å². The second kappa shape index (κ2) is 7.36. The molecule has 5 heteroatoms. The molecule has 0 spiro atoms. The number of hydrogen-bond acceptors (Lipinski definition) is 4. The molecular weight excluding hydrogens is 256 g/mol. The van der Waals surface area contributed by atoms with Crippen molar-refractivity contribution in [2.24, 2.45) is 5.92 Å². The lowest BCUT2D eigenvalue weighted by Crippen LogP contribution is -2.30. The summed E-state index contributed by atoms with van der Waals surface area (Å²) in [5.41, 5.74) is 1.15. The maximum Gasteiger partial charge on any atom is 0.224 e. The lowest BCUT2D eigenvalue weighted by atomic mass is 9.97. The Bertz CT molecular complexity index is 424. The van der Waals surface area contributed by atoms with Gasteiger partial charge in [-0.2, -0.15) is 0 Å². The number of carbonyl (C=O) groups excluding carboxylic acids is 1. The van der Waals surface area contributed by atoms with Gasteiger partial charge in [-0.15, -0.1) is 0 Å². The minimum Gasteiger partial charge on any atom is -0.391 e. The highest BCUT2D eigenvalue weighted by molar-refractivity contribution is 5.76. The van der Waals surface area contributed by atoms with Crippen molar-refractivity contribution in [2.75, 3.05) is 26.3 Å². The van der Waals surface area contributed by atoms with Gasteiger partial charge in [0.05, 0.1) is 19.1 Å². The second-order valence-corrected chi connectivity index (χ2v) is 5.13. The molecule has 110 valence electrons. The summed E-state index contributed by atoms with van der Waals surface area (Å²) in [4.78, 5) is 17.7. The van der Waals surface area contributed by atoms with Crippen molar-refractivity contribution in [1.82, 2.24) is 9.88 Å². The lowest BCUT2D eigenvalue weighted by molar-refractivity contribution is -0.131. The van der Waals surface area contributed by atoms with Gasteiger partial charge in [0.15, 0.2) is 0 Å². The zero-order valence-corrected chi connectivity index (χ0v) is 11.9. The smallest absolute Gasteiger partial charge is 0.224 e. The number of hydrogen-bond donors (Lipinski definition) is 1. The van der Waals surface area contributed by atoms with Crippen LogP contribution in [0.25, 0.3) is 0 Å². The zero-order valence-electron chi connectivity index (χ0n) is 11.9. The Hall–Kier alpha value is -1.46. The van der Waals surface area contributed by atoms with E-state index in [0.29, 0.717) is 32.7 Å². The van der Waals surface area contributed by atoms with Gasteiger partial charge >= 0.3 is 0 Å². The van der Waals surface area contributed by atoms with Crippen LogP contribution in [0, 0.1) is 5.92 Å². The van der Waals surface area contributed by atoms with E-state index in [-0.39, 0.29) is 11.8 Å². The highest BCUT2D eigenvalue weighted by atomic mass is 16.5. The molecule has 1 aliphatic heterocycles. The van der Waals surface area contributed by atoms with Crippen molar-refractivity contribution in [1.29, 1.82) is 0 Å². The highest BCUT2D eigenvalue weighted by Gasteiger charge is 2.33. The van der Waals surface area contributed by atoms with E-state index in [0.717, 1.165) is 12.0 Å². The average molecular weight is 278 g/mol. The molecule has 1 amide bonds.